The molecule has 0 bridgehead atoms. The lowest BCUT2D eigenvalue weighted by Crippen LogP contribution is -2.46. The molecular formula is C27H31FN2O. The molecule has 2 fully saturated rings. The van der Waals surface area contributed by atoms with Crippen molar-refractivity contribution in [1.29, 1.82) is 0 Å². The molecule has 1 N–H and O–H groups in total. The van der Waals surface area contributed by atoms with E-state index in [0.29, 0.717) is 5.92 Å². The molecule has 3 nitrogen and oxygen atoms in total. The van der Waals surface area contributed by atoms with Crippen molar-refractivity contribution >= 4 is 10.9 Å². The lowest BCUT2D eigenvalue weighted by atomic mass is 9.56. The highest BCUT2D eigenvalue weighted by molar-refractivity contribution is 5.82. The van der Waals surface area contributed by atoms with Crippen LogP contribution in [0.2, 0.25) is 0 Å². The highest BCUT2D eigenvalue weighted by Gasteiger charge is 2.51. The van der Waals surface area contributed by atoms with Crippen LogP contribution in [0.1, 0.15) is 69.4 Å². The predicted octanol–water partition coefficient (Wildman–Crippen LogP) is 6.09. The number of hydrogen-bond acceptors (Lipinski definition) is 2. The van der Waals surface area contributed by atoms with Crippen LogP contribution in [0.25, 0.3) is 16.6 Å². The maximum atomic E-state index is 13.4. The van der Waals surface area contributed by atoms with E-state index in [1.807, 2.05) is 17.8 Å². The zero-order valence-electron chi connectivity index (χ0n) is 18.3. The van der Waals surface area contributed by atoms with Gasteiger partial charge >= 0.3 is 0 Å². The number of hydrogen-bond donors (Lipinski definition) is 1. The summed E-state index contributed by atoms with van der Waals surface area (Å²) in [5, 5.41) is 16.7. The number of aliphatic hydroxyl groups is 1. The second-order valence-corrected chi connectivity index (χ2v) is 10.7. The van der Waals surface area contributed by atoms with Gasteiger partial charge in [0, 0.05) is 5.39 Å². The zero-order chi connectivity index (χ0) is 21.2. The summed E-state index contributed by atoms with van der Waals surface area (Å²) < 4.78 is 15.4. The Kier molecular flexibility index (Phi) is 4.34. The molecule has 3 aromatic rings. The Labute approximate surface area is 183 Å². The fourth-order valence-corrected chi connectivity index (χ4v) is 6.59. The molecule has 1 aromatic heterocycles. The minimum atomic E-state index is -0.528. The van der Waals surface area contributed by atoms with Crippen molar-refractivity contribution < 1.29 is 9.50 Å². The van der Waals surface area contributed by atoms with Crippen LogP contribution in [-0.2, 0) is 11.8 Å². The van der Waals surface area contributed by atoms with Crippen LogP contribution in [0.3, 0.4) is 0 Å². The SMILES string of the molecule is C[C@]1(O)CC[C@]2(CC3CC3)c3cc4cnn(-c5ccc(F)cc5)c4cc3CCC[C@@H]2C1. The Bertz CT molecular complexity index is 1130. The van der Waals surface area contributed by atoms with Crippen molar-refractivity contribution in [2.24, 2.45) is 11.8 Å². The van der Waals surface area contributed by atoms with E-state index < -0.39 is 5.60 Å². The number of fused-ring (bicyclic) bond motifs is 4. The summed E-state index contributed by atoms with van der Waals surface area (Å²) in [6.07, 6.45) is 12.3. The van der Waals surface area contributed by atoms with Crippen LogP contribution < -0.4 is 0 Å². The van der Waals surface area contributed by atoms with Crippen LogP contribution >= 0.6 is 0 Å². The molecule has 0 amide bonds. The quantitative estimate of drug-likeness (QED) is 0.559. The highest BCUT2D eigenvalue weighted by atomic mass is 19.1. The Hall–Kier alpha value is -2.20. The van der Waals surface area contributed by atoms with Crippen LogP contribution in [0, 0.1) is 17.7 Å². The molecule has 1 heterocycles. The molecule has 3 aliphatic carbocycles. The maximum absolute atomic E-state index is 13.4. The van der Waals surface area contributed by atoms with E-state index in [9.17, 15) is 9.50 Å². The molecule has 6 rings (SSSR count). The molecule has 0 saturated heterocycles. The lowest BCUT2D eigenvalue weighted by molar-refractivity contribution is -0.0364. The largest absolute Gasteiger partial charge is 0.390 e. The summed E-state index contributed by atoms with van der Waals surface area (Å²) in [7, 11) is 0. The van der Waals surface area contributed by atoms with Gasteiger partial charge in [-0.15, -0.1) is 0 Å². The van der Waals surface area contributed by atoms with E-state index in [0.717, 1.165) is 48.2 Å². The minimum Gasteiger partial charge on any atom is -0.390 e. The summed E-state index contributed by atoms with van der Waals surface area (Å²) >= 11 is 0. The average Bonchev–Trinajstić information content (AvgIpc) is 3.49. The number of halogens is 1. The van der Waals surface area contributed by atoms with Crippen LogP contribution in [0.5, 0.6) is 0 Å². The van der Waals surface area contributed by atoms with Gasteiger partial charge in [0.2, 0.25) is 0 Å². The van der Waals surface area contributed by atoms with Crippen LogP contribution in [-0.4, -0.2) is 20.5 Å². The van der Waals surface area contributed by atoms with Gasteiger partial charge in [-0.3, -0.25) is 0 Å². The number of nitrogens with zero attached hydrogens (tertiary/aromatic N) is 2. The topological polar surface area (TPSA) is 38.1 Å². The van der Waals surface area contributed by atoms with Crippen molar-refractivity contribution in [3.05, 3.63) is 59.5 Å². The fraction of sp³-hybridized carbons (Fsp3) is 0.519. The smallest absolute Gasteiger partial charge is 0.123 e. The van der Waals surface area contributed by atoms with E-state index in [1.54, 1.807) is 12.1 Å². The third-order valence-electron chi connectivity index (χ3n) is 8.33. The van der Waals surface area contributed by atoms with E-state index in [2.05, 4.69) is 17.2 Å². The molecule has 2 saturated carbocycles. The number of benzene rings is 2. The first-order valence-corrected chi connectivity index (χ1v) is 11.9. The van der Waals surface area contributed by atoms with Crippen molar-refractivity contribution in [2.75, 3.05) is 0 Å². The second-order valence-electron chi connectivity index (χ2n) is 10.7. The molecule has 4 heteroatoms. The Morgan fingerprint density at radius 1 is 1.13 bits per heavy atom. The standard InChI is InChI=1S/C27H31FN2O/c1-26(31)11-12-27(15-18-5-6-18)21(16-26)4-2-3-19-14-25-20(13-24(19)27)17-29-30(25)23-9-7-22(28)8-10-23/h7-10,13-14,17-18,21,31H,2-6,11-12,15-16H2,1H3/t21-,26+,27-/m1/s1. The molecule has 0 radical (unpaired) electrons. The minimum absolute atomic E-state index is 0.196. The first kappa shape index (κ1) is 19.5. The van der Waals surface area contributed by atoms with E-state index >= 15 is 0 Å². The van der Waals surface area contributed by atoms with E-state index in [1.165, 1.54) is 55.4 Å². The highest BCUT2D eigenvalue weighted by Crippen LogP contribution is 2.57. The summed E-state index contributed by atoms with van der Waals surface area (Å²) in [5.74, 6) is 1.19. The molecule has 3 atom stereocenters. The number of aryl methyl sites for hydroxylation is 1. The van der Waals surface area contributed by atoms with Crippen molar-refractivity contribution in [2.45, 2.75) is 75.7 Å². The Morgan fingerprint density at radius 3 is 2.71 bits per heavy atom. The van der Waals surface area contributed by atoms with Crippen LogP contribution in [0.4, 0.5) is 4.39 Å². The average molecular weight is 419 g/mol. The van der Waals surface area contributed by atoms with Gasteiger partial charge in [-0.25, -0.2) is 9.07 Å². The maximum Gasteiger partial charge on any atom is 0.123 e. The Balaban J connectivity index is 1.50. The van der Waals surface area contributed by atoms with Gasteiger partial charge in [0.15, 0.2) is 0 Å². The predicted molar refractivity (Wildman–Crippen MR) is 121 cm³/mol. The van der Waals surface area contributed by atoms with Gasteiger partial charge in [-0.1, -0.05) is 12.8 Å². The normalized spacial score (nSPS) is 30.6. The monoisotopic (exact) mass is 418 g/mol. The number of rotatable bonds is 3. The molecule has 2 aromatic carbocycles. The molecule has 0 unspecified atom stereocenters. The van der Waals surface area contributed by atoms with Gasteiger partial charge in [-0.05, 0) is 117 Å². The zero-order valence-corrected chi connectivity index (χ0v) is 18.3. The molecule has 3 aliphatic rings. The van der Waals surface area contributed by atoms with Gasteiger partial charge in [0.1, 0.15) is 5.82 Å². The summed E-state index contributed by atoms with van der Waals surface area (Å²) in [4.78, 5) is 0. The van der Waals surface area contributed by atoms with Crippen molar-refractivity contribution in [3.8, 4) is 5.69 Å². The first-order valence-electron chi connectivity index (χ1n) is 11.9. The third kappa shape index (κ3) is 3.31. The van der Waals surface area contributed by atoms with Gasteiger partial charge in [0.05, 0.1) is 23.0 Å². The van der Waals surface area contributed by atoms with Gasteiger partial charge in [0.25, 0.3) is 0 Å². The molecule has 31 heavy (non-hydrogen) atoms. The van der Waals surface area contributed by atoms with E-state index in [4.69, 9.17) is 0 Å². The summed E-state index contributed by atoms with van der Waals surface area (Å²) in [6, 6.07) is 11.3. The van der Waals surface area contributed by atoms with Gasteiger partial charge < -0.3 is 5.11 Å². The van der Waals surface area contributed by atoms with E-state index in [-0.39, 0.29) is 11.2 Å². The molecule has 162 valence electrons. The van der Waals surface area contributed by atoms with Gasteiger partial charge in [-0.2, -0.15) is 5.10 Å². The molecular weight excluding hydrogens is 387 g/mol. The Morgan fingerprint density at radius 2 is 1.94 bits per heavy atom. The third-order valence-corrected chi connectivity index (χ3v) is 8.33. The number of aromatic nitrogens is 2. The fourth-order valence-electron chi connectivity index (χ4n) is 6.59. The first-order chi connectivity index (χ1) is 14.9. The molecule has 0 spiro atoms. The van der Waals surface area contributed by atoms with Crippen molar-refractivity contribution in [3.63, 3.8) is 0 Å². The summed E-state index contributed by atoms with van der Waals surface area (Å²) in [5.41, 5.74) is 4.66. The second kappa shape index (κ2) is 6.90. The lowest BCUT2D eigenvalue weighted by Gasteiger charge is -2.50. The summed E-state index contributed by atoms with van der Waals surface area (Å²) in [6.45, 7) is 2.04. The van der Waals surface area contributed by atoms with Crippen LogP contribution in [0.15, 0.2) is 42.6 Å². The van der Waals surface area contributed by atoms with Crippen molar-refractivity contribution in [1.82, 2.24) is 9.78 Å². The molecule has 0 aliphatic heterocycles.